The molecule has 5 rings (SSSR count). The predicted molar refractivity (Wildman–Crippen MR) is 124 cm³/mol. The third kappa shape index (κ3) is 3.56. The van der Waals surface area contributed by atoms with Crippen LogP contribution in [0.4, 0.5) is 5.69 Å². The Morgan fingerprint density at radius 1 is 1.12 bits per heavy atom. The summed E-state index contributed by atoms with van der Waals surface area (Å²) < 4.78 is 10.2. The van der Waals surface area contributed by atoms with Gasteiger partial charge in [-0.25, -0.2) is 10.4 Å². The summed E-state index contributed by atoms with van der Waals surface area (Å²) in [5.41, 5.74) is 11.7. The number of amides is 1. The number of hydrogen-bond donors (Lipinski definition) is 2. The second kappa shape index (κ2) is 8.71. The van der Waals surface area contributed by atoms with E-state index >= 15 is 0 Å². The largest absolute Gasteiger partial charge is 0.481 e. The molecule has 4 heterocycles. The molecule has 2 unspecified atom stereocenters. The molecule has 1 aromatic carbocycles. The highest BCUT2D eigenvalue weighted by Gasteiger charge is 2.49. The van der Waals surface area contributed by atoms with E-state index in [1.165, 1.54) is 0 Å². The van der Waals surface area contributed by atoms with Crippen LogP contribution in [0.2, 0.25) is 0 Å². The topological polar surface area (TPSA) is 92.5 Å². The van der Waals surface area contributed by atoms with Crippen LogP contribution in [0.15, 0.2) is 70.7 Å². The SMILES string of the molecule is CCC(CC)C1C2=C(NNC2c2ccc(OC)nc2)C(=O)N1c1ccc(-c2ccon2)cc1. The second-order valence-corrected chi connectivity index (χ2v) is 8.29. The number of hydrogen-bond acceptors (Lipinski definition) is 7. The normalized spacial score (nSPS) is 19.9. The van der Waals surface area contributed by atoms with Crippen LogP contribution in [-0.4, -0.2) is 29.2 Å². The van der Waals surface area contributed by atoms with Crippen molar-refractivity contribution < 1.29 is 14.1 Å². The van der Waals surface area contributed by atoms with Crippen LogP contribution in [0.1, 0.15) is 38.3 Å². The highest BCUT2D eigenvalue weighted by atomic mass is 16.5. The minimum absolute atomic E-state index is 0.0208. The number of aromatic nitrogens is 2. The Bertz CT molecular complexity index is 1150. The number of rotatable bonds is 7. The minimum Gasteiger partial charge on any atom is -0.481 e. The first kappa shape index (κ1) is 21.2. The van der Waals surface area contributed by atoms with E-state index in [0.717, 1.165) is 40.9 Å². The lowest BCUT2D eigenvalue weighted by atomic mass is 9.84. The summed E-state index contributed by atoms with van der Waals surface area (Å²) in [6.07, 6.45) is 5.29. The summed E-state index contributed by atoms with van der Waals surface area (Å²) in [6.45, 7) is 4.37. The number of ether oxygens (including phenoxy) is 1. The summed E-state index contributed by atoms with van der Waals surface area (Å²) in [6, 6.07) is 13.4. The summed E-state index contributed by atoms with van der Waals surface area (Å²) in [5, 5.41) is 4.00. The number of pyridine rings is 1. The highest BCUT2D eigenvalue weighted by molar-refractivity contribution is 6.10. The van der Waals surface area contributed by atoms with Crippen LogP contribution in [-0.2, 0) is 4.79 Å². The van der Waals surface area contributed by atoms with Crippen molar-refractivity contribution in [3.05, 3.63) is 71.8 Å². The number of methoxy groups -OCH3 is 1. The molecule has 0 radical (unpaired) electrons. The van der Waals surface area contributed by atoms with E-state index in [9.17, 15) is 4.79 Å². The first-order valence-corrected chi connectivity index (χ1v) is 11.3. The molecule has 0 bridgehead atoms. The fourth-order valence-corrected chi connectivity index (χ4v) is 4.90. The monoisotopic (exact) mass is 445 g/mol. The van der Waals surface area contributed by atoms with Crippen molar-refractivity contribution in [3.63, 3.8) is 0 Å². The Hall–Kier alpha value is -3.65. The molecule has 2 aliphatic rings. The van der Waals surface area contributed by atoms with Gasteiger partial charge >= 0.3 is 0 Å². The molecule has 33 heavy (non-hydrogen) atoms. The molecule has 1 amide bonds. The molecule has 8 heteroatoms. The van der Waals surface area contributed by atoms with E-state index in [-0.39, 0.29) is 18.0 Å². The van der Waals surface area contributed by atoms with Gasteiger partial charge in [0, 0.05) is 35.2 Å². The van der Waals surface area contributed by atoms with Gasteiger partial charge in [-0.15, -0.1) is 0 Å². The minimum atomic E-state index is -0.146. The molecule has 2 aromatic heterocycles. The third-order valence-corrected chi connectivity index (χ3v) is 6.65. The number of nitrogens with one attached hydrogen (secondary N) is 2. The van der Waals surface area contributed by atoms with Gasteiger partial charge in [0.1, 0.15) is 17.7 Å². The quantitative estimate of drug-likeness (QED) is 0.568. The zero-order chi connectivity index (χ0) is 22.9. The van der Waals surface area contributed by atoms with E-state index in [4.69, 9.17) is 9.26 Å². The lowest BCUT2D eigenvalue weighted by Crippen LogP contribution is -2.46. The molecule has 0 saturated heterocycles. The van der Waals surface area contributed by atoms with Crippen molar-refractivity contribution in [3.8, 4) is 17.1 Å². The zero-order valence-electron chi connectivity index (χ0n) is 18.9. The smallest absolute Gasteiger partial charge is 0.276 e. The maximum Gasteiger partial charge on any atom is 0.276 e. The fraction of sp³-hybridized carbons (Fsp3) is 0.320. The van der Waals surface area contributed by atoms with Gasteiger partial charge in [0.05, 0.1) is 19.2 Å². The van der Waals surface area contributed by atoms with Crippen molar-refractivity contribution in [2.75, 3.05) is 12.0 Å². The first-order valence-electron chi connectivity index (χ1n) is 11.3. The van der Waals surface area contributed by atoms with Gasteiger partial charge in [-0.1, -0.05) is 50.0 Å². The van der Waals surface area contributed by atoms with Gasteiger partial charge in [-0.2, -0.15) is 0 Å². The highest BCUT2D eigenvalue weighted by Crippen LogP contribution is 2.44. The lowest BCUT2D eigenvalue weighted by molar-refractivity contribution is -0.115. The predicted octanol–water partition coefficient (Wildman–Crippen LogP) is 4.00. The van der Waals surface area contributed by atoms with Crippen molar-refractivity contribution in [1.82, 2.24) is 21.0 Å². The number of carbonyl (C=O) groups is 1. The van der Waals surface area contributed by atoms with Crippen LogP contribution in [0.3, 0.4) is 0 Å². The Balaban J connectivity index is 1.52. The van der Waals surface area contributed by atoms with Crippen LogP contribution < -0.4 is 20.5 Å². The lowest BCUT2D eigenvalue weighted by Gasteiger charge is -2.35. The van der Waals surface area contributed by atoms with Crippen LogP contribution in [0.5, 0.6) is 5.88 Å². The Kier molecular flexibility index (Phi) is 5.60. The zero-order valence-corrected chi connectivity index (χ0v) is 18.9. The maximum atomic E-state index is 13.6. The average molecular weight is 446 g/mol. The number of hydrazine groups is 1. The van der Waals surface area contributed by atoms with Gasteiger partial charge in [0.2, 0.25) is 5.88 Å². The molecule has 170 valence electrons. The first-order chi connectivity index (χ1) is 16.2. The molecular formula is C25H27N5O3. The molecule has 2 aliphatic heterocycles. The molecule has 3 aromatic rings. The van der Waals surface area contributed by atoms with Crippen molar-refractivity contribution in [2.24, 2.45) is 5.92 Å². The molecule has 0 aliphatic carbocycles. The number of carbonyl (C=O) groups excluding carboxylic acids is 1. The standard InChI is InChI=1S/C25H27N5O3/c1-4-15(5-2)24-21-22(17-8-11-20(32-3)26-14-17)27-28-23(21)25(31)30(24)18-9-6-16(7-10-18)19-12-13-33-29-19/h6-15,22,24,27-28H,4-5H2,1-3H3. The van der Waals surface area contributed by atoms with Gasteiger partial charge in [-0.05, 0) is 23.6 Å². The third-order valence-electron chi connectivity index (χ3n) is 6.65. The van der Waals surface area contributed by atoms with Crippen molar-refractivity contribution in [1.29, 1.82) is 0 Å². The van der Waals surface area contributed by atoms with Gasteiger partial charge in [0.25, 0.3) is 5.91 Å². The molecule has 8 nitrogen and oxygen atoms in total. The van der Waals surface area contributed by atoms with Crippen molar-refractivity contribution >= 4 is 11.6 Å². The molecule has 2 atom stereocenters. The van der Waals surface area contributed by atoms with Gasteiger partial charge in [-0.3, -0.25) is 9.69 Å². The molecular weight excluding hydrogens is 418 g/mol. The fourth-order valence-electron chi connectivity index (χ4n) is 4.90. The van der Waals surface area contributed by atoms with E-state index in [1.807, 2.05) is 47.4 Å². The summed E-state index contributed by atoms with van der Waals surface area (Å²) in [4.78, 5) is 19.9. The second-order valence-electron chi connectivity index (χ2n) is 8.29. The van der Waals surface area contributed by atoms with E-state index < -0.39 is 0 Å². The van der Waals surface area contributed by atoms with Crippen LogP contribution in [0, 0.1) is 5.92 Å². The van der Waals surface area contributed by atoms with Crippen molar-refractivity contribution in [2.45, 2.75) is 38.8 Å². The Morgan fingerprint density at radius 2 is 1.91 bits per heavy atom. The molecule has 0 spiro atoms. The molecule has 0 saturated carbocycles. The number of nitrogens with zero attached hydrogens (tertiary/aromatic N) is 3. The summed E-state index contributed by atoms with van der Waals surface area (Å²) in [7, 11) is 1.60. The molecule has 0 fully saturated rings. The van der Waals surface area contributed by atoms with Gasteiger partial charge < -0.3 is 14.7 Å². The average Bonchev–Trinajstić information content (AvgIpc) is 3.59. The number of anilines is 1. The summed E-state index contributed by atoms with van der Waals surface area (Å²) in [5.74, 6) is 0.853. The van der Waals surface area contributed by atoms with Crippen LogP contribution >= 0.6 is 0 Å². The van der Waals surface area contributed by atoms with E-state index in [2.05, 4.69) is 34.8 Å². The molecule has 2 N–H and O–H groups in total. The van der Waals surface area contributed by atoms with Gasteiger partial charge in [0.15, 0.2) is 0 Å². The van der Waals surface area contributed by atoms with E-state index in [0.29, 0.717) is 17.5 Å². The Labute approximate surface area is 192 Å². The summed E-state index contributed by atoms with van der Waals surface area (Å²) >= 11 is 0. The van der Waals surface area contributed by atoms with E-state index in [1.54, 1.807) is 19.6 Å². The number of benzene rings is 1. The van der Waals surface area contributed by atoms with Crippen LogP contribution in [0.25, 0.3) is 11.3 Å². The Morgan fingerprint density at radius 3 is 2.52 bits per heavy atom. The maximum absolute atomic E-state index is 13.6.